The lowest BCUT2D eigenvalue weighted by Crippen LogP contribution is -2.39. The highest BCUT2D eigenvalue weighted by Crippen LogP contribution is 2.33. The van der Waals surface area contributed by atoms with Crippen molar-refractivity contribution >= 4 is 21.6 Å². The summed E-state index contributed by atoms with van der Waals surface area (Å²) in [6, 6.07) is 2.45. The number of anilines is 1. The molecule has 1 saturated heterocycles. The van der Waals surface area contributed by atoms with Gasteiger partial charge in [-0.3, -0.25) is 9.48 Å². The van der Waals surface area contributed by atoms with Crippen molar-refractivity contribution in [3.8, 4) is 0 Å². The van der Waals surface area contributed by atoms with E-state index in [0.717, 1.165) is 18.9 Å². The van der Waals surface area contributed by atoms with Gasteiger partial charge in [0, 0.05) is 37.0 Å². The summed E-state index contributed by atoms with van der Waals surface area (Å²) in [6.07, 6.45) is 3.70. The number of aromatic nitrogens is 3. The monoisotopic (exact) mass is 457 g/mol. The average molecular weight is 458 g/mol. The third-order valence-electron chi connectivity index (χ3n) is 5.14. The lowest BCUT2D eigenvalue weighted by molar-refractivity contribution is -0.0778. The second kappa shape index (κ2) is 8.24. The molecule has 0 bridgehead atoms. The maximum atomic E-state index is 14.1. The molecule has 1 atom stereocenters. The summed E-state index contributed by atoms with van der Waals surface area (Å²) >= 11 is 0. The van der Waals surface area contributed by atoms with E-state index >= 15 is 0 Å². The summed E-state index contributed by atoms with van der Waals surface area (Å²) in [5.41, 5.74) is -1.08. The van der Waals surface area contributed by atoms with E-state index in [1.165, 1.54) is 23.9 Å². The van der Waals surface area contributed by atoms with Gasteiger partial charge in [-0.05, 0) is 39.2 Å². The first-order valence-electron chi connectivity index (χ1n) is 9.70. The molecule has 2 aromatic rings. The molecule has 12 heteroatoms. The second-order valence-corrected chi connectivity index (χ2v) is 9.51. The van der Waals surface area contributed by atoms with Gasteiger partial charge in [-0.2, -0.15) is 13.9 Å². The van der Waals surface area contributed by atoms with Crippen molar-refractivity contribution in [2.45, 2.75) is 63.1 Å². The summed E-state index contributed by atoms with van der Waals surface area (Å²) < 4.78 is 58.4. The van der Waals surface area contributed by atoms with E-state index in [9.17, 15) is 22.0 Å². The molecule has 1 aliphatic rings. The minimum atomic E-state index is -4.08. The smallest absolute Gasteiger partial charge is 0.289 e. The molecule has 1 amide bonds. The Kier molecular flexibility index (Phi) is 6.18. The molecule has 3 heterocycles. The SMILES string of the molecule is Cc1c(C(C)(F)F)nn(C[C@@]2(C)CCCCO2)c1C(=O)Nc1ccnc(S(N)(=O)=O)c1. The van der Waals surface area contributed by atoms with Crippen molar-refractivity contribution in [3.63, 3.8) is 0 Å². The van der Waals surface area contributed by atoms with Crippen LogP contribution < -0.4 is 10.5 Å². The first-order chi connectivity index (χ1) is 14.3. The highest BCUT2D eigenvalue weighted by molar-refractivity contribution is 7.89. The summed E-state index contributed by atoms with van der Waals surface area (Å²) in [7, 11) is -4.08. The molecule has 9 nitrogen and oxygen atoms in total. The van der Waals surface area contributed by atoms with Crippen LogP contribution in [0.5, 0.6) is 0 Å². The number of nitrogens with zero attached hydrogens (tertiary/aromatic N) is 3. The van der Waals surface area contributed by atoms with Crippen LogP contribution in [0.1, 0.15) is 54.9 Å². The molecular weight excluding hydrogens is 432 g/mol. The van der Waals surface area contributed by atoms with E-state index < -0.39 is 38.2 Å². The molecule has 31 heavy (non-hydrogen) atoms. The number of halogens is 2. The molecule has 2 aromatic heterocycles. The van der Waals surface area contributed by atoms with Crippen LogP contribution in [0.4, 0.5) is 14.5 Å². The summed E-state index contributed by atoms with van der Waals surface area (Å²) in [5, 5.41) is 11.2. The number of hydrogen-bond acceptors (Lipinski definition) is 6. The van der Waals surface area contributed by atoms with Crippen molar-refractivity contribution in [2.24, 2.45) is 5.14 Å². The van der Waals surface area contributed by atoms with Crippen LogP contribution >= 0.6 is 0 Å². The lowest BCUT2D eigenvalue weighted by Gasteiger charge is -2.34. The van der Waals surface area contributed by atoms with E-state index in [-0.39, 0.29) is 23.5 Å². The van der Waals surface area contributed by atoms with E-state index in [4.69, 9.17) is 9.88 Å². The summed E-state index contributed by atoms with van der Waals surface area (Å²) in [5.74, 6) is -3.97. The van der Waals surface area contributed by atoms with Crippen molar-refractivity contribution in [1.82, 2.24) is 14.8 Å². The summed E-state index contributed by atoms with van der Waals surface area (Å²) in [4.78, 5) is 16.7. The largest absolute Gasteiger partial charge is 0.373 e. The molecule has 1 fully saturated rings. The molecule has 0 radical (unpaired) electrons. The number of alkyl halides is 2. The molecular formula is C19H25F2N5O4S. The van der Waals surface area contributed by atoms with Gasteiger partial charge >= 0.3 is 0 Å². The van der Waals surface area contributed by atoms with E-state index in [0.29, 0.717) is 20.0 Å². The van der Waals surface area contributed by atoms with Crippen LogP contribution in [-0.2, 0) is 27.2 Å². The summed E-state index contributed by atoms with van der Waals surface area (Å²) in [6.45, 7) is 4.63. The van der Waals surface area contributed by atoms with Gasteiger partial charge in [-0.15, -0.1) is 0 Å². The number of nitrogens with one attached hydrogen (secondary N) is 1. The zero-order valence-electron chi connectivity index (χ0n) is 17.5. The quantitative estimate of drug-likeness (QED) is 0.686. The Morgan fingerprint density at radius 3 is 2.71 bits per heavy atom. The number of primary sulfonamides is 1. The topological polar surface area (TPSA) is 129 Å². The van der Waals surface area contributed by atoms with Crippen LogP contribution in [0.2, 0.25) is 0 Å². The highest BCUT2D eigenvalue weighted by Gasteiger charge is 2.37. The van der Waals surface area contributed by atoms with Crippen LogP contribution in [0.25, 0.3) is 0 Å². The highest BCUT2D eigenvalue weighted by atomic mass is 32.2. The zero-order valence-corrected chi connectivity index (χ0v) is 18.3. The molecule has 0 aromatic carbocycles. The molecule has 0 spiro atoms. The number of amides is 1. The fraction of sp³-hybridized carbons (Fsp3) is 0.526. The molecule has 3 rings (SSSR count). The fourth-order valence-electron chi connectivity index (χ4n) is 3.64. The van der Waals surface area contributed by atoms with Crippen molar-refractivity contribution in [3.05, 3.63) is 35.3 Å². The fourth-order valence-corrected chi connectivity index (χ4v) is 4.14. The number of carbonyl (C=O) groups excluding carboxylic acids is 1. The van der Waals surface area contributed by atoms with Crippen molar-refractivity contribution in [2.75, 3.05) is 11.9 Å². The van der Waals surface area contributed by atoms with Crippen molar-refractivity contribution in [1.29, 1.82) is 0 Å². The Hall–Kier alpha value is -2.44. The maximum Gasteiger partial charge on any atom is 0.289 e. The normalized spacial score (nSPS) is 19.9. The Morgan fingerprint density at radius 1 is 1.42 bits per heavy atom. The van der Waals surface area contributed by atoms with Gasteiger partial charge < -0.3 is 10.1 Å². The van der Waals surface area contributed by atoms with Gasteiger partial charge in [0.15, 0.2) is 5.03 Å². The van der Waals surface area contributed by atoms with Gasteiger partial charge in [0.1, 0.15) is 11.4 Å². The third kappa shape index (κ3) is 5.25. The van der Waals surface area contributed by atoms with Gasteiger partial charge in [0.25, 0.3) is 21.9 Å². The number of ether oxygens (including phenoxy) is 1. The minimum Gasteiger partial charge on any atom is -0.373 e. The second-order valence-electron chi connectivity index (χ2n) is 8.01. The molecule has 0 unspecified atom stereocenters. The number of carbonyl (C=O) groups is 1. The Morgan fingerprint density at radius 2 is 2.13 bits per heavy atom. The maximum absolute atomic E-state index is 14.1. The Balaban J connectivity index is 1.98. The number of hydrogen-bond donors (Lipinski definition) is 2. The lowest BCUT2D eigenvalue weighted by atomic mass is 9.96. The van der Waals surface area contributed by atoms with Crippen LogP contribution in [0, 0.1) is 6.92 Å². The number of nitrogens with two attached hydrogens (primary N) is 1. The van der Waals surface area contributed by atoms with Crippen LogP contribution in [0.3, 0.4) is 0 Å². The Bertz CT molecular complexity index is 1090. The predicted molar refractivity (Wildman–Crippen MR) is 108 cm³/mol. The zero-order chi connectivity index (χ0) is 23.0. The van der Waals surface area contributed by atoms with Crippen molar-refractivity contribution < 1.29 is 26.7 Å². The van der Waals surface area contributed by atoms with Gasteiger partial charge in [-0.1, -0.05) is 0 Å². The third-order valence-corrected chi connectivity index (χ3v) is 5.95. The molecule has 1 aliphatic heterocycles. The van der Waals surface area contributed by atoms with Crippen LogP contribution in [0.15, 0.2) is 23.4 Å². The molecule has 3 N–H and O–H groups in total. The van der Waals surface area contributed by atoms with E-state index in [2.05, 4.69) is 15.4 Å². The number of pyridine rings is 1. The average Bonchev–Trinajstić information content (AvgIpc) is 2.97. The molecule has 0 aliphatic carbocycles. The molecule has 0 saturated carbocycles. The van der Waals surface area contributed by atoms with Gasteiger partial charge in [0.05, 0.1) is 12.1 Å². The van der Waals surface area contributed by atoms with Gasteiger partial charge in [0.2, 0.25) is 0 Å². The van der Waals surface area contributed by atoms with Crippen LogP contribution in [-0.4, -0.2) is 41.3 Å². The standard InChI is InChI=1S/C19H25F2N5O4S/c1-12-15(17(27)24-13-6-8-23-14(10-13)31(22,28)29)26(25-16(12)19(3,20)21)11-18(2)7-4-5-9-30-18/h6,8,10H,4-5,7,9,11H2,1-3H3,(H2,22,28,29)(H,23,24,27)/t18-/m1/s1. The Labute approximate surface area is 179 Å². The first-order valence-corrected chi connectivity index (χ1v) is 11.2. The molecule has 170 valence electrons. The number of rotatable bonds is 6. The number of sulfonamides is 1. The van der Waals surface area contributed by atoms with E-state index in [1.807, 2.05) is 6.92 Å². The predicted octanol–water partition coefficient (Wildman–Crippen LogP) is 2.56. The van der Waals surface area contributed by atoms with Gasteiger partial charge in [-0.25, -0.2) is 18.5 Å². The first kappa shape index (κ1) is 23.2. The van der Waals surface area contributed by atoms with E-state index in [1.54, 1.807) is 0 Å². The minimum absolute atomic E-state index is 0.0325.